The lowest BCUT2D eigenvalue weighted by Crippen LogP contribution is -2.43. The molecule has 1 saturated carbocycles. The Hall–Kier alpha value is -0.0800. The molecule has 2 nitrogen and oxygen atoms in total. The van der Waals surface area contributed by atoms with Crippen LogP contribution in [0.2, 0.25) is 0 Å². The predicted octanol–water partition coefficient (Wildman–Crippen LogP) is 2.11. The molecule has 0 aromatic carbocycles. The summed E-state index contributed by atoms with van der Waals surface area (Å²) in [4.78, 5) is 2.71. The fraction of sp³-hybridized carbons (Fsp3) is 1.00. The smallest absolute Gasteiger partial charge is 0.00767 e. The summed E-state index contributed by atoms with van der Waals surface area (Å²) in [6.45, 7) is 9.88. The first-order chi connectivity index (χ1) is 7.28. The molecule has 2 rings (SSSR count). The van der Waals surface area contributed by atoms with E-state index in [-0.39, 0.29) is 0 Å². The van der Waals surface area contributed by atoms with E-state index in [1.807, 2.05) is 0 Å². The Labute approximate surface area is 94.4 Å². The van der Waals surface area contributed by atoms with Crippen LogP contribution in [0.1, 0.15) is 39.5 Å². The molecule has 88 valence electrons. The van der Waals surface area contributed by atoms with Crippen LogP contribution in [0, 0.1) is 11.8 Å². The third kappa shape index (κ3) is 3.76. The van der Waals surface area contributed by atoms with E-state index in [1.165, 1.54) is 51.9 Å². The van der Waals surface area contributed by atoms with Crippen LogP contribution in [0.3, 0.4) is 0 Å². The fourth-order valence-electron chi connectivity index (χ4n) is 2.58. The first-order valence-corrected chi connectivity index (χ1v) is 6.73. The summed E-state index contributed by atoms with van der Waals surface area (Å²) in [7, 11) is 0. The second-order valence-corrected chi connectivity index (χ2v) is 5.61. The highest BCUT2D eigenvalue weighted by Crippen LogP contribution is 2.30. The predicted molar refractivity (Wildman–Crippen MR) is 65.0 cm³/mol. The second-order valence-electron chi connectivity index (χ2n) is 5.61. The molecule has 2 heteroatoms. The SMILES string of the molecule is CCC1CCN(CC2CC2)CC(C)CN1. The minimum absolute atomic E-state index is 0.759. The van der Waals surface area contributed by atoms with Gasteiger partial charge in [0.25, 0.3) is 0 Å². The molecule has 2 aliphatic rings. The maximum absolute atomic E-state index is 3.68. The zero-order valence-corrected chi connectivity index (χ0v) is 10.3. The van der Waals surface area contributed by atoms with Gasteiger partial charge in [0.15, 0.2) is 0 Å². The third-order valence-corrected chi connectivity index (χ3v) is 3.82. The molecule has 0 aromatic rings. The van der Waals surface area contributed by atoms with Crippen molar-refractivity contribution in [1.82, 2.24) is 10.2 Å². The summed E-state index contributed by atoms with van der Waals surface area (Å²) >= 11 is 0. The maximum Gasteiger partial charge on any atom is 0.00767 e. The van der Waals surface area contributed by atoms with Crippen molar-refractivity contribution in [2.75, 3.05) is 26.2 Å². The summed E-state index contributed by atoms with van der Waals surface area (Å²) in [5.74, 6) is 1.86. The maximum atomic E-state index is 3.68. The van der Waals surface area contributed by atoms with Crippen LogP contribution in [0.4, 0.5) is 0 Å². The van der Waals surface area contributed by atoms with Crippen molar-refractivity contribution in [3.8, 4) is 0 Å². The van der Waals surface area contributed by atoms with Gasteiger partial charge in [0.05, 0.1) is 0 Å². The Kier molecular flexibility index (Phi) is 4.04. The summed E-state index contributed by atoms with van der Waals surface area (Å²) < 4.78 is 0. The highest BCUT2D eigenvalue weighted by Gasteiger charge is 2.26. The molecule has 1 N–H and O–H groups in total. The minimum atomic E-state index is 0.759. The van der Waals surface area contributed by atoms with Gasteiger partial charge in [-0.25, -0.2) is 0 Å². The number of hydrogen-bond acceptors (Lipinski definition) is 2. The van der Waals surface area contributed by atoms with Gasteiger partial charge in [-0.1, -0.05) is 13.8 Å². The number of nitrogens with zero attached hydrogens (tertiary/aromatic N) is 1. The van der Waals surface area contributed by atoms with Crippen molar-refractivity contribution in [1.29, 1.82) is 0 Å². The van der Waals surface area contributed by atoms with Gasteiger partial charge in [0, 0.05) is 19.1 Å². The van der Waals surface area contributed by atoms with Crippen molar-refractivity contribution in [2.45, 2.75) is 45.6 Å². The Morgan fingerprint density at radius 2 is 2.07 bits per heavy atom. The molecule has 2 atom stereocenters. The van der Waals surface area contributed by atoms with Gasteiger partial charge >= 0.3 is 0 Å². The van der Waals surface area contributed by atoms with Crippen molar-refractivity contribution in [3.05, 3.63) is 0 Å². The summed E-state index contributed by atoms with van der Waals surface area (Å²) in [5, 5.41) is 3.68. The van der Waals surface area contributed by atoms with Gasteiger partial charge in [-0.15, -0.1) is 0 Å². The quantitative estimate of drug-likeness (QED) is 0.767. The lowest BCUT2D eigenvalue weighted by atomic mass is 10.0. The van der Waals surface area contributed by atoms with Gasteiger partial charge in [0.2, 0.25) is 0 Å². The number of rotatable bonds is 3. The van der Waals surface area contributed by atoms with Gasteiger partial charge in [-0.3, -0.25) is 0 Å². The molecule has 1 saturated heterocycles. The Morgan fingerprint density at radius 3 is 2.73 bits per heavy atom. The average molecular weight is 210 g/mol. The topological polar surface area (TPSA) is 15.3 Å². The minimum Gasteiger partial charge on any atom is -0.314 e. The fourth-order valence-corrected chi connectivity index (χ4v) is 2.58. The first-order valence-electron chi connectivity index (χ1n) is 6.73. The van der Waals surface area contributed by atoms with Crippen LogP contribution in [0.15, 0.2) is 0 Å². The average Bonchev–Trinajstić information content (AvgIpc) is 2.98. The molecule has 2 unspecified atom stereocenters. The van der Waals surface area contributed by atoms with E-state index in [0.717, 1.165) is 17.9 Å². The van der Waals surface area contributed by atoms with Crippen LogP contribution in [0.5, 0.6) is 0 Å². The molecule has 0 spiro atoms. The highest BCUT2D eigenvalue weighted by molar-refractivity contribution is 4.81. The molecular weight excluding hydrogens is 184 g/mol. The monoisotopic (exact) mass is 210 g/mol. The Bertz CT molecular complexity index is 189. The van der Waals surface area contributed by atoms with Crippen LogP contribution in [0.25, 0.3) is 0 Å². The van der Waals surface area contributed by atoms with Crippen molar-refractivity contribution >= 4 is 0 Å². The van der Waals surface area contributed by atoms with E-state index in [4.69, 9.17) is 0 Å². The lowest BCUT2D eigenvalue weighted by molar-refractivity contribution is 0.190. The summed E-state index contributed by atoms with van der Waals surface area (Å²) in [6.07, 6.45) is 5.60. The molecular formula is C13H26N2. The van der Waals surface area contributed by atoms with Crippen molar-refractivity contribution in [2.24, 2.45) is 11.8 Å². The lowest BCUT2D eigenvalue weighted by Gasteiger charge is -2.32. The van der Waals surface area contributed by atoms with E-state index < -0.39 is 0 Å². The highest BCUT2D eigenvalue weighted by atomic mass is 15.1. The van der Waals surface area contributed by atoms with Gasteiger partial charge in [-0.05, 0) is 50.6 Å². The second kappa shape index (κ2) is 5.31. The number of nitrogens with one attached hydrogen (secondary N) is 1. The summed E-state index contributed by atoms with van der Waals surface area (Å²) in [6, 6.07) is 0.759. The third-order valence-electron chi connectivity index (χ3n) is 3.82. The molecule has 0 bridgehead atoms. The molecule has 1 heterocycles. The van der Waals surface area contributed by atoms with Crippen LogP contribution < -0.4 is 5.32 Å². The molecule has 15 heavy (non-hydrogen) atoms. The Morgan fingerprint density at radius 1 is 1.27 bits per heavy atom. The summed E-state index contributed by atoms with van der Waals surface area (Å²) in [5.41, 5.74) is 0. The zero-order chi connectivity index (χ0) is 10.7. The first kappa shape index (κ1) is 11.4. The van der Waals surface area contributed by atoms with Crippen LogP contribution in [-0.2, 0) is 0 Å². The largest absolute Gasteiger partial charge is 0.314 e. The molecule has 0 radical (unpaired) electrons. The molecule has 2 fully saturated rings. The molecule has 1 aliphatic carbocycles. The van der Waals surface area contributed by atoms with Gasteiger partial charge in [-0.2, -0.15) is 0 Å². The Balaban J connectivity index is 1.81. The van der Waals surface area contributed by atoms with E-state index in [0.29, 0.717) is 0 Å². The molecule has 0 aromatic heterocycles. The number of hydrogen-bond donors (Lipinski definition) is 1. The van der Waals surface area contributed by atoms with E-state index >= 15 is 0 Å². The normalized spacial score (nSPS) is 34.8. The van der Waals surface area contributed by atoms with Gasteiger partial charge < -0.3 is 10.2 Å². The van der Waals surface area contributed by atoms with Crippen LogP contribution >= 0.6 is 0 Å². The molecule has 0 amide bonds. The van der Waals surface area contributed by atoms with E-state index in [1.54, 1.807) is 0 Å². The molecule has 1 aliphatic heterocycles. The van der Waals surface area contributed by atoms with E-state index in [2.05, 4.69) is 24.1 Å². The van der Waals surface area contributed by atoms with Crippen LogP contribution in [-0.4, -0.2) is 37.1 Å². The van der Waals surface area contributed by atoms with E-state index in [9.17, 15) is 0 Å². The zero-order valence-electron chi connectivity index (χ0n) is 10.3. The van der Waals surface area contributed by atoms with Crippen molar-refractivity contribution in [3.63, 3.8) is 0 Å². The standard InChI is InChI=1S/C13H26N2/c1-3-13-6-7-15(10-12-4-5-12)9-11(2)8-14-13/h11-14H,3-10H2,1-2H3. The van der Waals surface area contributed by atoms with Gasteiger partial charge in [0.1, 0.15) is 0 Å². The van der Waals surface area contributed by atoms with Crippen molar-refractivity contribution < 1.29 is 0 Å².